The molecule has 0 bridgehead atoms. The summed E-state index contributed by atoms with van der Waals surface area (Å²) in [5.41, 5.74) is 2.25. The summed E-state index contributed by atoms with van der Waals surface area (Å²) in [6.07, 6.45) is 1.17. The van der Waals surface area contributed by atoms with Gasteiger partial charge < -0.3 is 0 Å². The number of halogens is 1. The second-order valence-corrected chi connectivity index (χ2v) is 6.59. The molecule has 0 aliphatic heterocycles. The van der Waals surface area contributed by atoms with Crippen molar-refractivity contribution in [1.29, 1.82) is 0 Å². The molecule has 0 aromatic heterocycles. The lowest BCUT2D eigenvalue weighted by molar-refractivity contribution is 0.596. The molecular formula is C15H16FNO2S. The molecule has 0 aliphatic rings. The van der Waals surface area contributed by atoms with Crippen molar-refractivity contribution in [2.24, 2.45) is 0 Å². The summed E-state index contributed by atoms with van der Waals surface area (Å²) in [6.45, 7) is 2.04. The van der Waals surface area contributed by atoms with Gasteiger partial charge in [-0.05, 0) is 36.2 Å². The van der Waals surface area contributed by atoms with Gasteiger partial charge in [-0.15, -0.1) is 0 Å². The maximum Gasteiger partial charge on any atom is 0.232 e. The van der Waals surface area contributed by atoms with E-state index >= 15 is 0 Å². The van der Waals surface area contributed by atoms with Crippen molar-refractivity contribution in [3.63, 3.8) is 0 Å². The molecule has 5 heteroatoms. The van der Waals surface area contributed by atoms with Gasteiger partial charge in [0.2, 0.25) is 10.0 Å². The van der Waals surface area contributed by atoms with Crippen LogP contribution in [0.3, 0.4) is 0 Å². The third-order valence-corrected chi connectivity index (χ3v) is 4.15. The minimum absolute atomic E-state index is 0.184. The fourth-order valence-corrected chi connectivity index (χ4v) is 2.93. The molecule has 0 fully saturated rings. The molecule has 0 saturated carbocycles. The van der Waals surface area contributed by atoms with E-state index in [2.05, 4.69) is 0 Å². The molecule has 2 aromatic rings. The van der Waals surface area contributed by atoms with Crippen molar-refractivity contribution in [1.82, 2.24) is 0 Å². The molecule has 0 atom stereocenters. The molecule has 2 aromatic carbocycles. The first-order valence-corrected chi connectivity index (χ1v) is 8.00. The Balaban J connectivity index is 2.40. The minimum atomic E-state index is -3.41. The molecule has 0 aliphatic carbocycles. The summed E-state index contributed by atoms with van der Waals surface area (Å²) < 4.78 is 38.3. The van der Waals surface area contributed by atoms with Crippen molar-refractivity contribution in [3.05, 3.63) is 65.5 Å². The SMILES string of the molecule is Cc1ccccc1N(Cc1ccc(F)cc1)S(C)(=O)=O. The van der Waals surface area contributed by atoms with Crippen LogP contribution >= 0.6 is 0 Å². The standard InChI is InChI=1S/C15H16FNO2S/c1-12-5-3-4-6-15(12)17(20(2,18)19)11-13-7-9-14(16)10-8-13/h3-10H,11H2,1-2H3. The number of nitrogens with zero attached hydrogens (tertiary/aromatic N) is 1. The van der Waals surface area contributed by atoms with Gasteiger partial charge in [0, 0.05) is 0 Å². The number of sulfonamides is 1. The van der Waals surface area contributed by atoms with E-state index in [-0.39, 0.29) is 12.4 Å². The molecule has 0 N–H and O–H groups in total. The van der Waals surface area contributed by atoms with Gasteiger partial charge in [-0.2, -0.15) is 0 Å². The van der Waals surface area contributed by atoms with Crippen LogP contribution in [0.1, 0.15) is 11.1 Å². The zero-order chi connectivity index (χ0) is 14.8. The molecule has 0 saturated heterocycles. The molecule has 0 amide bonds. The zero-order valence-electron chi connectivity index (χ0n) is 11.4. The van der Waals surface area contributed by atoms with Crippen LogP contribution in [0.2, 0.25) is 0 Å². The lowest BCUT2D eigenvalue weighted by atomic mass is 10.2. The molecule has 0 radical (unpaired) electrons. The van der Waals surface area contributed by atoms with Crippen LogP contribution < -0.4 is 4.31 Å². The Bertz CT molecular complexity index is 696. The summed E-state index contributed by atoms with van der Waals surface area (Å²) >= 11 is 0. The highest BCUT2D eigenvalue weighted by Gasteiger charge is 2.19. The normalized spacial score (nSPS) is 11.3. The second-order valence-electron chi connectivity index (χ2n) is 4.68. The van der Waals surface area contributed by atoms with Gasteiger partial charge in [0.1, 0.15) is 5.82 Å². The van der Waals surface area contributed by atoms with Crippen molar-refractivity contribution in [2.45, 2.75) is 13.5 Å². The maximum absolute atomic E-state index is 12.9. The maximum atomic E-state index is 12.9. The molecule has 0 spiro atoms. The van der Waals surface area contributed by atoms with Crippen LogP contribution in [-0.4, -0.2) is 14.7 Å². The Morgan fingerprint density at radius 1 is 1.05 bits per heavy atom. The number of benzene rings is 2. The van der Waals surface area contributed by atoms with Crippen LogP contribution in [0.5, 0.6) is 0 Å². The molecule has 106 valence electrons. The lowest BCUT2D eigenvalue weighted by Crippen LogP contribution is -2.29. The number of rotatable bonds is 4. The lowest BCUT2D eigenvalue weighted by Gasteiger charge is -2.24. The van der Waals surface area contributed by atoms with E-state index in [1.54, 1.807) is 24.3 Å². The number of para-hydroxylation sites is 1. The topological polar surface area (TPSA) is 37.4 Å². The van der Waals surface area contributed by atoms with E-state index in [0.29, 0.717) is 5.69 Å². The minimum Gasteiger partial charge on any atom is -0.266 e. The highest BCUT2D eigenvalue weighted by molar-refractivity contribution is 7.92. The van der Waals surface area contributed by atoms with Gasteiger partial charge in [-0.1, -0.05) is 30.3 Å². The van der Waals surface area contributed by atoms with Crippen LogP contribution in [-0.2, 0) is 16.6 Å². The average Bonchev–Trinajstić information content (AvgIpc) is 2.38. The van der Waals surface area contributed by atoms with E-state index in [1.807, 2.05) is 19.1 Å². The first-order chi connectivity index (χ1) is 9.38. The average molecular weight is 293 g/mol. The molecular weight excluding hydrogens is 277 g/mol. The third kappa shape index (κ3) is 3.36. The quantitative estimate of drug-likeness (QED) is 0.868. The highest BCUT2D eigenvalue weighted by Crippen LogP contribution is 2.24. The zero-order valence-corrected chi connectivity index (χ0v) is 12.2. The first-order valence-electron chi connectivity index (χ1n) is 6.16. The summed E-state index contributed by atoms with van der Waals surface area (Å²) in [5, 5.41) is 0. The van der Waals surface area contributed by atoms with E-state index in [4.69, 9.17) is 0 Å². The number of anilines is 1. The van der Waals surface area contributed by atoms with Crippen molar-refractivity contribution >= 4 is 15.7 Å². The first kappa shape index (κ1) is 14.5. The van der Waals surface area contributed by atoms with E-state index in [9.17, 15) is 12.8 Å². The van der Waals surface area contributed by atoms with Crippen LogP contribution in [0, 0.1) is 12.7 Å². The van der Waals surface area contributed by atoms with E-state index in [0.717, 1.165) is 11.1 Å². The predicted molar refractivity (Wildman–Crippen MR) is 78.6 cm³/mol. The smallest absolute Gasteiger partial charge is 0.232 e. The molecule has 2 rings (SSSR count). The van der Waals surface area contributed by atoms with Gasteiger partial charge in [0.15, 0.2) is 0 Å². The van der Waals surface area contributed by atoms with Gasteiger partial charge >= 0.3 is 0 Å². The van der Waals surface area contributed by atoms with Crippen LogP contribution in [0.15, 0.2) is 48.5 Å². The second kappa shape index (κ2) is 5.63. The Morgan fingerprint density at radius 3 is 2.20 bits per heavy atom. The molecule has 20 heavy (non-hydrogen) atoms. The van der Waals surface area contributed by atoms with Crippen molar-refractivity contribution in [2.75, 3.05) is 10.6 Å². The van der Waals surface area contributed by atoms with E-state index < -0.39 is 10.0 Å². The van der Waals surface area contributed by atoms with E-state index in [1.165, 1.54) is 22.7 Å². The summed E-state index contributed by atoms with van der Waals surface area (Å²) in [5.74, 6) is -0.337. The predicted octanol–water partition coefficient (Wildman–Crippen LogP) is 3.10. The fraction of sp³-hybridized carbons (Fsp3) is 0.200. The monoisotopic (exact) mass is 293 g/mol. The van der Waals surface area contributed by atoms with Crippen LogP contribution in [0.4, 0.5) is 10.1 Å². The molecule has 0 unspecified atom stereocenters. The van der Waals surface area contributed by atoms with Gasteiger partial charge in [0.25, 0.3) is 0 Å². The number of hydrogen-bond acceptors (Lipinski definition) is 2. The largest absolute Gasteiger partial charge is 0.266 e. The van der Waals surface area contributed by atoms with Gasteiger partial charge in [0.05, 0.1) is 18.5 Å². The van der Waals surface area contributed by atoms with Crippen LogP contribution in [0.25, 0.3) is 0 Å². The Kier molecular flexibility index (Phi) is 4.09. The number of aryl methyl sites for hydroxylation is 1. The summed E-state index contributed by atoms with van der Waals surface area (Å²) in [6, 6.07) is 13.1. The number of hydrogen-bond donors (Lipinski definition) is 0. The molecule has 3 nitrogen and oxygen atoms in total. The fourth-order valence-electron chi connectivity index (χ4n) is 1.98. The van der Waals surface area contributed by atoms with Crippen molar-refractivity contribution in [3.8, 4) is 0 Å². The Labute approximate surface area is 118 Å². The highest BCUT2D eigenvalue weighted by atomic mass is 32.2. The summed E-state index contributed by atoms with van der Waals surface area (Å²) in [4.78, 5) is 0. The third-order valence-electron chi connectivity index (χ3n) is 3.02. The molecule has 0 heterocycles. The Morgan fingerprint density at radius 2 is 1.65 bits per heavy atom. The Hall–Kier alpha value is -1.88. The van der Waals surface area contributed by atoms with Gasteiger partial charge in [-0.3, -0.25) is 4.31 Å². The van der Waals surface area contributed by atoms with Crippen molar-refractivity contribution < 1.29 is 12.8 Å². The summed E-state index contributed by atoms with van der Waals surface area (Å²) in [7, 11) is -3.41. The van der Waals surface area contributed by atoms with Gasteiger partial charge in [-0.25, -0.2) is 12.8 Å².